The standard InChI is InChI=1S/C25H23ClN4OS/c1-17(2)21-10-6-7-11-22(21)30-24(18-12-14-19(26)15-13-18)28-29-25(30)32-16-23(31)27-20-8-4-3-5-9-20/h3-15,17H,16H2,1-2H3,(H,27,31). The lowest BCUT2D eigenvalue weighted by Crippen LogP contribution is -2.14. The summed E-state index contributed by atoms with van der Waals surface area (Å²) in [4.78, 5) is 12.5. The number of rotatable bonds is 7. The van der Waals surface area contributed by atoms with Gasteiger partial charge in [-0.15, -0.1) is 10.2 Å². The van der Waals surface area contributed by atoms with Gasteiger partial charge in [-0.25, -0.2) is 0 Å². The van der Waals surface area contributed by atoms with Gasteiger partial charge in [-0.05, 0) is 53.9 Å². The molecule has 5 nitrogen and oxygen atoms in total. The molecule has 1 aromatic heterocycles. The molecule has 0 aliphatic rings. The lowest BCUT2D eigenvalue weighted by molar-refractivity contribution is -0.113. The lowest BCUT2D eigenvalue weighted by Gasteiger charge is -2.17. The summed E-state index contributed by atoms with van der Waals surface area (Å²) in [5.41, 5.74) is 3.86. The van der Waals surface area contributed by atoms with Crippen molar-refractivity contribution in [2.75, 3.05) is 11.1 Å². The van der Waals surface area contributed by atoms with E-state index in [-0.39, 0.29) is 11.7 Å². The van der Waals surface area contributed by atoms with Crippen LogP contribution in [0.1, 0.15) is 25.3 Å². The van der Waals surface area contributed by atoms with Gasteiger partial charge in [0.05, 0.1) is 11.4 Å². The zero-order chi connectivity index (χ0) is 22.5. The molecule has 32 heavy (non-hydrogen) atoms. The van der Waals surface area contributed by atoms with Crippen LogP contribution < -0.4 is 5.32 Å². The predicted molar refractivity (Wildman–Crippen MR) is 132 cm³/mol. The molecule has 0 bridgehead atoms. The number of halogens is 1. The fourth-order valence-electron chi connectivity index (χ4n) is 3.39. The fraction of sp³-hybridized carbons (Fsp3) is 0.160. The molecule has 0 radical (unpaired) electrons. The number of thioether (sulfide) groups is 1. The Hall–Kier alpha value is -3.09. The quantitative estimate of drug-likeness (QED) is 0.321. The summed E-state index contributed by atoms with van der Waals surface area (Å²) >= 11 is 7.45. The molecule has 0 saturated carbocycles. The third-order valence-electron chi connectivity index (χ3n) is 4.93. The van der Waals surface area contributed by atoms with Crippen molar-refractivity contribution >= 4 is 35.0 Å². The molecule has 0 saturated heterocycles. The van der Waals surface area contributed by atoms with Crippen LogP contribution in [0, 0.1) is 0 Å². The molecule has 7 heteroatoms. The lowest BCUT2D eigenvalue weighted by atomic mass is 10.0. The van der Waals surface area contributed by atoms with Gasteiger partial charge in [0.15, 0.2) is 11.0 Å². The van der Waals surface area contributed by atoms with Gasteiger partial charge in [0.2, 0.25) is 5.91 Å². The maximum atomic E-state index is 12.5. The summed E-state index contributed by atoms with van der Waals surface area (Å²) < 4.78 is 2.03. The molecule has 3 aromatic carbocycles. The second kappa shape index (κ2) is 10.0. The second-order valence-electron chi connectivity index (χ2n) is 7.56. The number of hydrogen-bond donors (Lipinski definition) is 1. The van der Waals surface area contributed by atoms with E-state index >= 15 is 0 Å². The first-order valence-electron chi connectivity index (χ1n) is 10.3. The summed E-state index contributed by atoms with van der Waals surface area (Å²) in [5, 5.41) is 13.1. The average molecular weight is 463 g/mol. The number of carbonyl (C=O) groups excluding carboxylic acids is 1. The van der Waals surface area contributed by atoms with E-state index < -0.39 is 0 Å². The molecule has 162 valence electrons. The highest BCUT2D eigenvalue weighted by atomic mass is 35.5. The van der Waals surface area contributed by atoms with E-state index in [2.05, 4.69) is 41.5 Å². The Kier molecular flexibility index (Phi) is 6.93. The molecule has 0 aliphatic heterocycles. The van der Waals surface area contributed by atoms with Gasteiger partial charge in [0.1, 0.15) is 0 Å². The van der Waals surface area contributed by atoms with Crippen LogP contribution in [0.4, 0.5) is 5.69 Å². The molecule has 4 aromatic rings. The monoisotopic (exact) mass is 462 g/mol. The Bertz CT molecular complexity index is 1210. The summed E-state index contributed by atoms with van der Waals surface area (Å²) in [6.45, 7) is 4.32. The Morgan fingerprint density at radius 1 is 0.969 bits per heavy atom. The zero-order valence-corrected chi connectivity index (χ0v) is 19.4. The maximum Gasteiger partial charge on any atom is 0.234 e. The molecular weight excluding hydrogens is 440 g/mol. The summed E-state index contributed by atoms with van der Waals surface area (Å²) in [7, 11) is 0. The first kappa shape index (κ1) is 22.1. The third-order valence-corrected chi connectivity index (χ3v) is 6.11. The SMILES string of the molecule is CC(C)c1ccccc1-n1c(SCC(=O)Nc2ccccc2)nnc1-c1ccc(Cl)cc1. The first-order valence-corrected chi connectivity index (χ1v) is 11.7. The van der Waals surface area contributed by atoms with Crippen LogP contribution in [-0.2, 0) is 4.79 Å². The summed E-state index contributed by atoms with van der Waals surface area (Å²) in [5.74, 6) is 1.14. The molecule has 1 N–H and O–H groups in total. The first-order chi connectivity index (χ1) is 15.5. The van der Waals surface area contributed by atoms with Crippen LogP contribution in [0.5, 0.6) is 0 Å². The number of aromatic nitrogens is 3. The van der Waals surface area contributed by atoms with Crippen molar-refractivity contribution in [2.24, 2.45) is 0 Å². The van der Waals surface area contributed by atoms with Crippen LogP contribution in [-0.4, -0.2) is 26.4 Å². The Balaban J connectivity index is 1.68. The molecule has 0 aliphatic carbocycles. The predicted octanol–water partition coefficient (Wildman–Crippen LogP) is 6.44. The van der Waals surface area contributed by atoms with Crippen LogP contribution in [0.2, 0.25) is 5.02 Å². The van der Waals surface area contributed by atoms with Crippen LogP contribution in [0.25, 0.3) is 17.1 Å². The van der Waals surface area contributed by atoms with E-state index in [0.29, 0.717) is 21.9 Å². The number of nitrogens with zero attached hydrogens (tertiary/aromatic N) is 3. The van der Waals surface area contributed by atoms with E-state index in [0.717, 1.165) is 16.9 Å². The number of amides is 1. The molecule has 0 spiro atoms. The highest BCUT2D eigenvalue weighted by Crippen LogP contribution is 2.32. The largest absolute Gasteiger partial charge is 0.325 e. The Morgan fingerprint density at radius 2 is 1.66 bits per heavy atom. The van der Waals surface area contributed by atoms with Gasteiger partial charge in [-0.3, -0.25) is 9.36 Å². The number of anilines is 1. The maximum absolute atomic E-state index is 12.5. The minimum absolute atomic E-state index is 0.0964. The van der Waals surface area contributed by atoms with Crippen molar-refractivity contribution in [3.8, 4) is 17.1 Å². The fourth-order valence-corrected chi connectivity index (χ4v) is 4.27. The molecular formula is C25H23ClN4OS. The number of carbonyl (C=O) groups is 1. The van der Waals surface area contributed by atoms with E-state index in [9.17, 15) is 4.79 Å². The molecule has 0 atom stereocenters. The Morgan fingerprint density at radius 3 is 2.38 bits per heavy atom. The van der Waals surface area contributed by atoms with Crippen LogP contribution in [0.15, 0.2) is 84.0 Å². The van der Waals surface area contributed by atoms with Crippen molar-refractivity contribution in [1.29, 1.82) is 0 Å². The highest BCUT2D eigenvalue weighted by molar-refractivity contribution is 7.99. The average Bonchev–Trinajstić information content (AvgIpc) is 3.22. The van der Waals surface area contributed by atoms with Gasteiger partial charge in [-0.2, -0.15) is 0 Å². The summed E-state index contributed by atoms with van der Waals surface area (Å²) in [6, 6.07) is 25.2. The van der Waals surface area contributed by atoms with Crippen molar-refractivity contribution in [3.63, 3.8) is 0 Å². The van der Waals surface area contributed by atoms with Crippen molar-refractivity contribution < 1.29 is 4.79 Å². The number of para-hydroxylation sites is 2. The minimum Gasteiger partial charge on any atom is -0.325 e. The summed E-state index contributed by atoms with van der Waals surface area (Å²) in [6.07, 6.45) is 0. The molecule has 0 unspecified atom stereocenters. The molecule has 4 rings (SSSR count). The van der Waals surface area contributed by atoms with Gasteiger partial charge >= 0.3 is 0 Å². The minimum atomic E-state index is -0.0964. The topological polar surface area (TPSA) is 59.8 Å². The molecule has 1 heterocycles. The number of benzene rings is 3. The number of nitrogens with one attached hydrogen (secondary N) is 1. The van der Waals surface area contributed by atoms with Crippen LogP contribution in [0.3, 0.4) is 0 Å². The zero-order valence-electron chi connectivity index (χ0n) is 17.8. The van der Waals surface area contributed by atoms with Crippen molar-refractivity contribution in [3.05, 3.63) is 89.4 Å². The van der Waals surface area contributed by atoms with Crippen LogP contribution >= 0.6 is 23.4 Å². The van der Waals surface area contributed by atoms with E-state index in [1.165, 1.54) is 17.3 Å². The van der Waals surface area contributed by atoms with Crippen molar-refractivity contribution in [2.45, 2.75) is 24.9 Å². The van der Waals surface area contributed by atoms with E-state index in [1.807, 2.05) is 71.3 Å². The van der Waals surface area contributed by atoms with Gasteiger partial charge < -0.3 is 5.32 Å². The molecule has 1 amide bonds. The third kappa shape index (κ3) is 5.03. The van der Waals surface area contributed by atoms with E-state index in [4.69, 9.17) is 11.6 Å². The van der Waals surface area contributed by atoms with Gasteiger partial charge in [0, 0.05) is 16.3 Å². The van der Waals surface area contributed by atoms with Crippen molar-refractivity contribution in [1.82, 2.24) is 14.8 Å². The second-order valence-corrected chi connectivity index (χ2v) is 8.94. The van der Waals surface area contributed by atoms with Gasteiger partial charge in [-0.1, -0.05) is 73.6 Å². The smallest absolute Gasteiger partial charge is 0.234 e. The Labute approximate surface area is 196 Å². The molecule has 0 fully saturated rings. The normalized spacial score (nSPS) is 11.0. The highest BCUT2D eigenvalue weighted by Gasteiger charge is 2.20. The van der Waals surface area contributed by atoms with Gasteiger partial charge in [0.25, 0.3) is 0 Å². The number of hydrogen-bond acceptors (Lipinski definition) is 4. The van der Waals surface area contributed by atoms with E-state index in [1.54, 1.807) is 0 Å².